The lowest BCUT2D eigenvalue weighted by atomic mass is 9.82. The lowest BCUT2D eigenvalue weighted by molar-refractivity contribution is -0.175. The number of hydrogen-bond acceptors (Lipinski definition) is 8. The highest BCUT2D eigenvalue weighted by molar-refractivity contribution is 6.06. The van der Waals surface area contributed by atoms with Gasteiger partial charge >= 0.3 is 11.9 Å². The van der Waals surface area contributed by atoms with Gasteiger partial charge in [0.2, 0.25) is 18.6 Å². The number of ether oxygens (including phenoxy) is 2. The van der Waals surface area contributed by atoms with Crippen LogP contribution in [0.1, 0.15) is 45.2 Å². The fraction of sp³-hybridized carbons (Fsp3) is 0.407. The van der Waals surface area contributed by atoms with Crippen molar-refractivity contribution in [2.24, 2.45) is 11.3 Å². The predicted molar refractivity (Wildman–Crippen MR) is 131 cm³/mol. The molecule has 2 aliphatic heterocycles. The van der Waals surface area contributed by atoms with Crippen molar-refractivity contribution >= 4 is 35.2 Å². The fourth-order valence-corrected chi connectivity index (χ4v) is 4.48. The minimum atomic E-state index is -0.867. The van der Waals surface area contributed by atoms with Gasteiger partial charge in [-0.1, -0.05) is 24.3 Å². The number of hydrogen-bond donors (Lipinski definition) is 2. The summed E-state index contributed by atoms with van der Waals surface area (Å²) in [5.74, 6) is -2.19. The summed E-state index contributed by atoms with van der Waals surface area (Å²) in [6, 6.07) is 10.0. The fourth-order valence-electron chi connectivity index (χ4n) is 4.48. The third kappa shape index (κ3) is 5.43. The zero-order valence-electron chi connectivity index (χ0n) is 21.1. The van der Waals surface area contributed by atoms with Gasteiger partial charge in [-0.2, -0.15) is 0 Å². The number of nitrogens with zero attached hydrogens (tertiary/aromatic N) is 1. The van der Waals surface area contributed by atoms with E-state index in [-0.39, 0.29) is 30.0 Å². The molecule has 0 aliphatic carbocycles. The van der Waals surface area contributed by atoms with Crippen LogP contribution in [-0.2, 0) is 35.1 Å². The average molecular weight is 511 g/mol. The first kappa shape index (κ1) is 26.2. The van der Waals surface area contributed by atoms with Crippen LogP contribution in [0.5, 0.6) is 0 Å². The molecule has 10 heteroatoms. The first-order chi connectivity index (χ1) is 17.5. The number of aliphatic hydroxyl groups is 1. The van der Waals surface area contributed by atoms with Gasteiger partial charge in [-0.15, -0.1) is 0 Å². The highest BCUT2D eigenvalue weighted by Crippen LogP contribution is 2.47. The monoisotopic (exact) mass is 510 g/mol. The summed E-state index contributed by atoms with van der Waals surface area (Å²) in [6.45, 7) is 6.00. The molecule has 2 aliphatic rings. The van der Waals surface area contributed by atoms with Crippen molar-refractivity contribution in [2.45, 2.75) is 52.7 Å². The Balaban J connectivity index is 1.51. The van der Waals surface area contributed by atoms with E-state index in [0.29, 0.717) is 23.4 Å². The van der Waals surface area contributed by atoms with Crippen molar-refractivity contribution in [3.8, 4) is 0 Å². The Hall–Kier alpha value is -3.92. The van der Waals surface area contributed by atoms with Gasteiger partial charge in [0.05, 0.1) is 36.2 Å². The molecule has 1 fully saturated rings. The third-order valence-electron chi connectivity index (χ3n) is 6.37. The maximum atomic E-state index is 13.0. The summed E-state index contributed by atoms with van der Waals surface area (Å²) in [4.78, 5) is 51.4. The van der Waals surface area contributed by atoms with E-state index in [9.17, 15) is 24.3 Å². The molecule has 4 rings (SSSR count). The summed E-state index contributed by atoms with van der Waals surface area (Å²) >= 11 is 0. The van der Waals surface area contributed by atoms with Gasteiger partial charge in [0, 0.05) is 6.07 Å². The molecule has 1 aromatic heterocycles. The van der Waals surface area contributed by atoms with Crippen LogP contribution in [0.15, 0.2) is 52.8 Å². The number of carbonyl (C=O) groups excluding carboxylic acids is 4. The number of β-lactam (4-membered cyclic amide) rings is 1. The van der Waals surface area contributed by atoms with Gasteiger partial charge in [0.1, 0.15) is 5.70 Å². The highest BCUT2D eigenvalue weighted by atomic mass is 16.7. The molecule has 0 saturated carbocycles. The normalized spacial score (nSPS) is 19.7. The van der Waals surface area contributed by atoms with E-state index in [4.69, 9.17) is 13.9 Å². The Morgan fingerprint density at radius 1 is 1.16 bits per heavy atom. The summed E-state index contributed by atoms with van der Waals surface area (Å²) in [7, 11) is 0. The van der Waals surface area contributed by atoms with Crippen LogP contribution >= 0.6 is 0 Å². The molecule has 10 nitrogen and oxygen atoms in total. The van der Waals surface area contributed by atoms with E-state index >= 15 is 0 Å². The largest absolute Gasteiger partial charge is 0.449 e. The van der Waals surface area contributed by atoms with Gasteiger partial charge < -0.3 is 23.9 Å². The molecular weight excluding hydrogens is 480 g/mol. The summed E-state index contributed by atoms with van der Waals surface area (Å²) in [6.07, 6.45) is 1.07. The van der Waals surface area contributed by atoms with Crippen LogP contribution in [0.25, 0.3) is 5.57 Å². The quantitative estimate of drug-likeness (QED) is 0.314. The van der Waals surface area contributed by atoms with Crippen molar-refractivity contribution in [2.75, 3.05) is 12.1 Å². The summed E-state index contributed by atoms with van der Waals surface area (Å²) in [5.41, 5.74) is 1.32. The molecular formula is C27H30N2O8. The van der Waals surface area contributed by atoms with E-state index in [0.717, 1.165) is 5.56 Å². The van der Waals surface area contributed by atoms with Gasteiger partial charge in [-0.05, 0) is 56.9 Å². The summed E-state index contributed by atoms with van der Waals surface area (Å²) in [5, 5.41) is 12.7. The maximum absolute atomic E-state index is 13.0. The van der Waals surface area contributed by atoms with Crippen LogP contribution in [0.2, 0.25) is 0 Å². The maximum Gasteiger partial charge on any atom is 0.358 e. The SMILES string of the molecule is C[C@@H](O)[C@H]1C(=O)N2C(C(=O)OCOC(=O)C(C)(C)C)=C(c3ccc(CC(=O)Nc4ccco4)cc3)C[C@H]12. The number of amides is 2. The van der Waals surface area contributed by atoms with Crippen molar-refractivity contribution in [1.29, 1.82) is 0 Å². The van der Waals surface area contributed by atoms with Crippen LogP contribution in [0.3, 0.4) is 0 Å². The summed E-state index contributed by atoms with van der Waals surface area (Å²) < 4.78 is 15.4. The Morgan fingerprint density at radius 2 is 1.86 bits per heavy atom. The number of anilines is 1. The van der Waals surface area contributed by atoms with E-state index < -0.39 is 36.2 Å². The van der Waals surface area contributed by atoms with Gasteiger partial charge in [0.15, 0.2) is 5.88 Å². The highest BCUT2D eigenvalue weighted by Gasteiger charge is 2.57. The minimum Gasteiger partial charge on any atom is -0.449 e. The van der Waals surface area contributed by atoms with E-state index in [1.165, 1.54) is 11.2 Å². The minimum absolute atomic E-state index is 0.0713. The molecule has 1 aromatic carbocycles. The zero-order valence-corrected chi connectivity index (χ0v) is 21.1. The van der Waals surface area contributed by atoms with Crippen LogP contribution in [0, 0.1) is 11.3 Å². The Kier molecular flexibility index (Phi) is 7.22. The van der Waals surface area contributed by atoms with Gasteiger partial charge in [0.25, 0.3) is 0 Å². The van der Waals surface area contributed by atoms with Crippen LogP contribution < -0.4 is 5.32 Å². The van der Waals surface area contributed by atoms with E-state index in [1.807, 2.05) is 0 Å². The van der Waals surface area contributed by atoms with Crippen molar-refractivity contribution in [3.63, 3.8) is 0 Å². The van der Waals surface area contributed by atoms with Crippen molar-refractivity contribution < 1.29 is 38.2 Å². The van der Waals surface area contributed by atoms with Crippen molar-refractivity contribution in [3.05, 3.63) is 59.5 Å². The Bertz CT molecular complexity index is 1220. The first-order valence-corrected chi connectivity index (χ1v) is 12.0. The molecule has 1 saturated heterocycles. The molecule has 2 amide bonds. The number of esters is 2. The third-order valence-corrected chi connectivity index (χ3v) is 6.37. The number of aliphatic hydroxyl groups excluding tert-OH is 1. The zero-order chi connectivity index (χ0) is 26.9. The average Bonchev–Trinajstić information content (AvgIpc) is 3.44. The number of benzene rings is 1. The van der Waals surface area contributed by atoms with Crippen molar-refractivity contribution in [1.82, 2.24) is 4.90 Å². The standard InChI is InChI=1S/C27H30N2O8/c1-15(30)22-19-13-18(17-9-7-16(8-10-17)12-20(31)28-21-6-5-11-35-21)23(29(19)24(22)32)25(33)36-14-37-26(34)27(2,3)4/h5-11,15,19,22,30H,12-14H2,1-4H3,(H,28,31)/t15-,19-,22-/m1/s1. The molecule has 0 bridgehead atoms. The van der Waals surface area contributed by atoms with E-state index in [1.54, 1.807) is 64.1 Å². The lowest BCUT2D eigenvalue weighted by Gasteiger charge is -2.44. The Labute approximate surface area is 214 Å². The molecule has 37 heavy (non-hydrogen) atoms. The first-order valence-electron chi connectivity index (χ1n) is 12.0. The molecule has 3 heterocycles. The molecule has 0 radical (unpaired) electrons. The second kappa shape index (κ2) is 10.2. The number of furan rings is 1. The lowest BCUT2D eigenvalue weighted by Crippen LogP contribution is -2.61. The second-order valence-electron chi connectivity index (χ2n) is 10.2. The van der Waals surface area contributed by atoms with Gasteiger partial charge in [-0.25, -0.2) is 4.79 Å². The topological polar surface area (TPSA) is 135 Å². The number of nitrogens with one attached hydrogen (secondary N) is 1. The number of carbonyl (C=O) groups is 4. The molecule has 0 spiro atoms. The Morgan fingerprint density at radius 3 is 2.46 bits per heavy atom. The predicted octanol–water partition coefficient (Wildman–Crippen LogP) is 2.87. The van der Waals surface area contributed by atoms with Gasteiger partial charge in [-0.3, -0.25) is 19.7 Å². The van der Waals surface area contributed by atoms with E-state index in [2.05, 4.69) is 5.32 Å². The number of rotatable bonds is 8. The smallest absolute Gasteiger partial charge is 0.358 e. The van der Waals surface area contributed by atoms with Crippen LogP contribution in [0.4, 0.5) is 5.88 Å². The molecule has 196 valence electrons. The molecule has 2 aromatic rings. The molecule has 3 atom stereocenters. The second-order valence-corrected chi connectivity index (χ2v) is 10.2. The van der Waals surface area contributed by atoms with Crippen LogP contribution in [-0.4, -0.2) is 52.7 Å². The molecule has 0 unspecified atom stereocenters. The molecule has 2 N–H and O–H groups in total. The number of fused-ring (bicyclic) bond motifs is 1.